The lowest BCUT2D eigenvalue weighted by Gasteiger charge is -2.13. The van der Waals surface area contributed by atoms with Gasteiger partial charge in [0.15, 0.2) is 17.5 Å². The number of nitrogens with zero attached hydrogens (tertiary/aromatic N) is 3. The minimum Gasteiger partial charge on any atom is -0.208 e. The molecule has 0 bridgehead atoms. The largest absolute Gasteiger partial charge is 0.208 e. The molecule has 5 heteroatoms. The smallest absolute Gasteiger partial charge is 0.164 e. The minimum atomic E-state index is 0.612. The molecule has 0 radical (unpaired) electrons. The molecule has 0 N–H and O–H groups in total. The fraction of sp³-hybridized carbons (Fsp3) is 0. The van der Waals surface area contributed by atoms with E-state index in [0.717, 1.165) is 27.8 Å². The van der Waals surface area contributed by atoms with Crippen LogP contribution in [0.1, 0.15) is 0 Å². The molecule has 5 aromatic carbocycles. The van der Waals surface area contributed by atoms with Crippen molar-refractivity contribution >= 4 is 43.1 Å². The van der Waals surface area contributed by atoms with E-state index >= 15 is 0 Å². The number of fused-ring (bicyclic) bond motifs is 3. The van der Waals surface area contributed by atoms with Gasteiger partial charge in [-0.2, -0.15) is 0 Å². The second-order valence-corrected chi connectivity index (χ2v) is 10.6. The molecule has 0 saturated heterocycles. The Labute approximate surface area is 229 Å². The molecule has 0 atom stereocenters. The summed E-state index contributed by atoms with van der Waals surface area (Å²) in [6, 6.07) is 41.1. The van der Waals surface area contributed by atoms with Gasteiger partial charge in [-0.15, -0.1) is 11.3 Å². The molecular formula is C33H20ClN3S. The number of thiophene rings is 1. The standard InChI is InChI=1S/C33H20ClN3S/c34-24-16-18-27(28(20-24)23-15-17-26-25-13-7-8-14-29(25)38-30(26)19-23)33-36-31(21-9-3-1-4-10-21)35-32(37-33)22-11-5-2-6-12-22/h1-20H. The number of hydrogen-bond donors (Lipinski definition) is 0. The third kappa shape index (κ3) is 4.14. The van der Waals surface area contributed by atoms with Crippen molar-refractivity contribution in [2.75, 3.05) is 0 Å². The van der Waals surface area contributed by atoms with E-state index in [1.807, 2.05) is 78.9 Å². The zero-order chi connectivity index (χ0) is 25.5. The molecule has 38 heavy (non-hydrogen) atoms. The molecule has 180 valence electrons. The molecule has 3 nitrogen and oxygen atoms in total. The Balaban J connectivity index is 1.44. The van der Waals surface area contributed by atoms with Crippen LogP contribution < -0.4 is 0 Å². The molecule has 0 aliphatic rings. The second kappa shape index (κ2) is 9.49. The number of aromatic nitrogens is 3. The first-order valence-corrected chi connectivity index (χ1v) is 13.5. The molecule has 0 spiro atoms. The highest BCUT2D eigenvalue weighted by Gasteiger charge is 2.17. The van der Waals surface area contributed by atoms with Crippen molar-refractivity contribution in [3.05, 3.63) is 126 Å². The van der Waals surface area contributed by atoms with Gasteiger partial charge in [0.2, 0.25) is 0 Å². The Morgan fingerprint density at radius 1 is 0.447 bits per heavy atom. The SMILES string of the molecule is Clc1ccc(-c2nc(-c3ccccc3)nc(-c3ccccc3)n2)c(-c2ccc3c(c2)sc2ccccc23)c1. The van der Waals surface area contributed by atoms with Crippen molar-refractivity contribution in [1.29, 1.82) is 0 Å². The maximum absolute atomic E-state index is 6.54. The summed E-state index contributed by atoms with van der Waals surface area (Å²) in [7, 11) is 0. The quantitative estimate of drug-likeness (QED) is 0.229. The average Bonchev–Trinajstić information content (AvgIpc) is 3.36. The predicted octanol–water partition coefficient (Wildman–Crippen LogP) is 9.56. The lowest BCUT2D eigenvalue weighted by Crippen LogP contribution is -2.01. The molecule has 2 heterocycles. The first kappa shape index (κ1) is 22.8. The van der Waals surface area contributed by atoms with E-state index in [9.17, 15) is 0 Å². The lowest BCUT2D eigenvalue weighted by atomic mass is 9.98. The Morgan fingerprint density at radius 3 is 1.76 bits per heavy atom. The van der Waals surface area contributed by atoms with Crippen LogP contribution in [0.25, 0.3) is 65.5 Å². The Kier molecular flexibility index (Phi) is 5.69. The van der Waals surface area contributed by atoms with Crippen LogP contribution in [0.3, 0.4) is 0 Å². The number of benzene rings is 5. The van der Waals surface area contributed by atoms with Gasteiger partial charge in [0.1, 0.15) is 0 Å². The number of hydrogen-bond acceptors (Lipinski definition) is 4. The molecule has 0 unspecified atom stereocenters. The van der Waals surface area contributed by atoms with Crippen molar-refractivity contribution in [2.45, 2.75) is 0 Å². The zero-order valence-corrected chi connectivity index (χ0v) is 21.7. The number of rotatable bonds is 4. The Morgan fingerprint density at radius 2 is 1.05 bits per heavy atom. The number of halogens is 1. The van der Waals surface area contributed by atoms with E-state index in [1.54, 1.807) is 11.3 Å². The maximum atomic E-state index is 6.54. The Hall–Kier alpha value is -4.38. The monoisotopic (exact) mass is 525 g/mol. The molecule has 0 saturated carbocycles. The summed E-state index contributed by atoms with van der Waals surface area (Å²) in [6.45, 7) is 0. The van der Waals surface area contributed by atoms with E-state index in [1.165, 1.54) is 20.2 Å². The molecule has 0 aliphatic carbocycles. The molecule has 2 aromatic heterocycles. The molecule has 7 rings (SSSR count). The van der Waals surface area contributed by atoms with E-state index < -0.39 is 0 Å². The maximum Gasteiger partial charge on any atom is 0.164 e. The summed E-state index contributed by atoms with van der Waals surface area (Å²) in [5.74, 6) is 1.88. The summed E-state index contributed by atoms with van der Waals surface area (Å²) in [6.07, 6.45) is 0. The van der Waals surface area contributed by atoms with E-state index in [0.29, 0.717) is 22.5 Å². The van der Waals surface area contributed by atoms with Gasteiger partial charge in [-0.1, -0.05) is 103 Å². The van der Waals surface area contributed by atoms with Crippen molar-refractivity contribution in [3.8, 4) is 45.3 Å². The Bertz CT molecular complexity index is 1870. The van der Waals surface area contributed by atoms with Crippen LogP contribution in [0.4, 0.5) is 0 Å². The summed E-state index contributed by atoms with van der Waals surface area (Å²) in [5.41, 5.74) is 4.85. The molecule has 0 aliphatic heterocycles. The van der Waals surface area contributed by atoms with Gasteiger partial charge in [-0.3, -0.25) is 0 Å². The zero-order valence-electron chi connectivity index (χ0n) is 20.2. The van der Waals surface area contributed by atoms with Gasteiger partial charge in [-0.25, -0.2) is 15.0 Å². The van der Waals surface area contributed by atoms with Crippen LogP contribution in [0.5, 0.6) is 0 Å². The van der Waals surface area contributed by atoms with Crippen LogP contribution in [0.15, 0.2) is 121 Å². The van der Waals surface area contributed by atoms with Crippen LogP contribution in [0.2, 0.25) is 5.02 Å². The first-order chi connectivity index (χ1) is 18.7. The van der Waals surface area contributed by atoms with Gasteiger partial charge in [0.05, 0.1) is 0 Å². The van der Waals surface area contributed by atoms with Crippen LogP contribution in [0, 0.1) is 0 Å². The summed E-state index contributed by atoms with van der Waals surface area (Å²) >= 11 is 8.34. The fourth-order valence-corrected chi connectivity index (χ4v) is 6.09. The van der Waals surface area contributed by atoms with Gasteiger partial charge >= 0.3 is 0 Å². The van der Waals surface area contributed by atoms with Crippen LogP contribution >= 0.6 is 22.9 Å². The van der Waals surface area contributed by atoms with Crippen molar-refractivity contribution in [1.82, 2.24) is 15.0 Å². The topological polar surface area (TPSA) is 38.7 Å². The normalized spacial score (nSPS) is 11.3. The van der Waals surface area contributed by atoms with Crippen LogP contribution in [-0.2, 0) is 0 Å². The molecular weight excluding hydrogens is 506 g/mol. The fourth-order valence-electron chi connectivity index (χ4n) is 4.77. The minimum absolute atomic E-state index is 0.612. The summed E-state index contributed by atoms with van der Waals surface area (Å²) in [4.78, 5) is 14.7. The summed E-state index contributed by atoms with van der Waals surface area (Å²) in [5, 5.41) is 3.21. The van der Waals surface area contributed by atoms with Gasteiger partial charge in [0.25, 0.3) is 0 Å². The second-order valence-electron chi connectivity index (χ2n) is 9.04. The molecule has 0 fully saturated rings. The van der Waals surface area contributed by atoms with Crippen molar-refractivity contribution < 1.29 is 0 Å². The lowest BCUT2D eigenvalue weighted by molar-refractivity contribution is 1.07. The average molecular weight is 526 g/mol. The van der Waals surface area contributed by atoms with E-state index in [4.69, 9.17) is 26.6 Å². The van der Waals surface area contributed by atoms with Gasteiger partial charge in [-0.05, 0) is 41.5 Å². The first-order valence-electron chi connectivity index (χ1n) is 12.3. The van der Waals surface area contributed by atoms with Crippen molar-refractivity contribution in [2.24, 2.45) is 0 Å². The van der Waals surface area contributed by atoms with Gasteiger partial charge < -0.3 is 0 Å². The van der Waals surface area contributed by atoms with Crippen LogP contribution in [-0.4, -0.2) is 15.0 Å². The highest BCUT2D eigenvalue weighted by atomic mass is 35.5. The highest BCUT2D eigenvalue weighted by molar-refractivity contribution is 7.25. The molecule has 7 aromatic rings. The highest BCUT2D eigenvalue weighted by Crippen LogP contribution is 2.39. The van der Waals surface area contributed by atoms with E-state index in [2.05, 4.69) is 42.5 Å². The molecule has 0 amide bonds. The summed E-state index contributed by atoms with van der Waals surface area (Å²) < 4.78 is 2.52. The predicted molar refractivity (Wildman–Crippen MR) is 159 cm³/mol. The van der Waals surface area contributed by atoms with E-state index in [-0.39, 0.29) is 0 Å². The van der Waals surface area contributed by atoms with Crippen molar-refractivity contribution in [3.63, 3.8) is 0 Å². The third-order valence-corrected chi connectivity index (χ3v) is 7.98. The third-order valence-electron chi connectivity index (χ3n) is 6.61. The van der Waals surface area contributed by atoms with Gasteiger partial charge in [0, 0.05) is 41.9 Å².